The Morgan fingerprint density at radius 3 is 1.53 bits per heavy atom. The summed E-state index contributed by atoms with van der Waals surface area (Å²) in [7, 11) is 0. The molecule has 15 nitrogen and oxygen atoms in total. The van der Waals surface area contributed by atoms with Crippen molar-refractivity contribution in [1.29, 1.82) is 0 Å². The van der Waals surface area contributed by atoms with E-state index in [4.69, 9.17) is 57.1 Å². The van der Waals surface area contributed by atoms with E-state index in [1.54, 1.807) is 0 Å². The molecule has 19 heteroatoms. The number of carboxylic acid groups (broad SMARTS) is 1. The highest BCUT2D eigenvalue weighted by Crippen LogP contribution is 2.41. The van der Waals surface area contributed by atoms with Crippen molar-refractivity contribution in [2.24, 2.45) is 5.92 Å². The van der Waals surface area contributed by atoms with E-state index < -0.39 is 5.97 Å². The molecule has 0 aromatic carbocycles. The number of aromatic nitrogens is 8. The zero-order chi connectivity index (χ0) is 46.9. The second-order valence-electron chi connectivity index (χ2n) is 18.9. The van der Waals surface area contributed by atoms with E-state index in [0.29, 0.717) is 27.8 Å². The van der Waals surface area contributed by atoms with E-state index in [1.165, 1.54) is 39.0 Å². The molecule has 380 valence electrons. The van der Waals surface area contributed by atoms with Crippen LogP contribution in [0.4, 0.5) is 17.5 Å². The first-order chi connectivity index (χ1) is 32.4. The van der Waals surface area contributed by atoms with Gasteiger partial charge in [-0.1, -0.05) is 55.2 Å². The summed E-state index contributed by atoms with van der Waals surface area (Å²) >= 11 is 18.0. The summed E-state index contributed by atoms with van der Waals surface area (Å²) < 4.78 is 2.88. The number of carbonyl (C=O) groups excluding carboxylic acids is 2. The number of nitrogens with one attached hydrogen (secondary N) is 3. The van der Waals surface area contributed by atoms with E-state index in [-0.39, 0.29) is 56.8 Å². The lowest BCUT2D eigenvalue weighted by molar-refractivity contribution is -0.140. The molecule has 5 aromatic heterocycles. The van der Waals surface area contributed by atoms with Crippen molar-refractivity contribution in [2.75, 3.05) is 17.2 Å². The Morgan fingerprint density at radius 1 is 0.600 bits per heavy atom. The second-order valence-corrected chi connectivity index (χ2v) is 20.2. The van der Waals surface area contributed by atoms with Gasteiger partial charge in [0, 0.05) is 45.2 Å². The number of rotatable bonds is 3. The second kappa shape index (κ2) is 23.5. The van der Waals surface area contributed by atoms with Crippen molar-refractivity contribution in [3.8, 4) is 0 Å². The SMILES string of the molecule is C.C.Cl.Nc1c2c(nn1C(=O)C1CCCc3[nH]c(Cl)cc31)CCCC2.Nc1c2c(nn1C(=O)[C@H]1CCCc3[nH]c(Cl)cc31)CCCC2.Nc1n[nH]c2c1CCCC2.O=C(O)C1CCCC2=C1C=C(Cl)C2. The summed E-state index contributed by atoms with van der Waals surface area (Å²) in [6.45, 7) is 0. The smallest absolute Gasteiger partial charge is 0.310 e. The third-order valence-corrected chi connectivity index (χ3v) is 15.3. The molecule has 0 radical (unpaired) electrons. The number of hydrogen-bond acceptors (Lipinski definition) is 9. The lowest BCUT2D eigenvalue weighted by Crippen LogP contribution is -2.25. The van der Waals surface area contributed by atoms with Gasteiger partial charge in [-0.05, 0) is 170 Å². The minimum Gasteiger partial charge on any atom is -0.481 e. The lowest BCUT2D eigenvalue weighted by Gasteiger charge is -2.21. The van der Waals surface area contributed by atoms with E-state index >= 15 is 0 Å². The predicted octanol–water partition coefficient (Wildman–Crippen LogP) is 11.4. The van der Waals surface area contributed by atoms with Crippen LogP contribution in [0.25, 0.3) is 0 Å². The predicted molar refractivity (Wildman–Crippen MR) is 282 cm³/mol. The minimum absolute atomic E-state index is 0. The molecule has 3 atom stereocenters. The van der Waals surface area contributed by atoms with Crippen molar-refractivity contribution in [3.05, 3.63) is 101 Å². The molecule has 5 aromatic rings. The highest BCUT2D eigenvalue weighted by atomic mass is 35.5. The fourth-order valence-electron chi connectivity index (χ4n) is 11.2. The molecular weight excluding hydrogens is 972 g/mol. The Kier molecular flexibility index (Phi) is 18.3. The van der Waals surface area contributed by atoms with Crippen molar-refractivity contribution in [1.82, 2.24) is 39.7 Å². The average Bonchev–Trinajstić information content (AvgIpc) is 4.20. The number of H-pyrrole nitrogens is 3. The van der Waals surface area contributed by atoms with Gasteiger partial charge in [0.25, 0.3) is 11.8 Å². The van der Waals surface area contributed by atoms with Gasteiger partial charge in [-0.25, -0.2) is 0 Å². The summed E-state index contributed by atoms with van der Waals surface area (Å²) in [6, 6.07) is 3.75. The molecule has 0 aliphatic heterocycles. The first kappa shape index (κ1) is 54.4. The van der Waals surface area contributed by atoms with Gasteiger partial charge in [-0.3, -0.25) is 19.5 Å². The number of nitrogens with zero attached hydrogens (tertiary/aromatic N) is 5. The molecule has 70 heavy (non-hydrogen) atoms. The standard InChI is InChI=1S/2C16H19ClN4O.C10H11ClO2.C7H11N3.2CH4.ClH/c2*17-14-8-11-9(5-3-7-12(11)19-14)16(22)21-15(18)10-4-1-2-6-13(10)20-21;11-7-4-6-2-1-3-8(10(12)13)9(6)5-7;8-7-5-3-1-2-4-6(5)9-10-7;;;/h2*8-9,19H,1-7,18H2;5,8H,1-4H2,(H,12,13);1-4H2,(H3,8,9,10);2*1H4;1H/t9-;;;;;;/m0....../s1. The van der Waals surface area contributed by atoms with Gasteiger partial charge in [-0.15, -0.1) is 12.4 Å². The maximum absolute atomic E-state index is 13.0. The maximum Gasteiger partial charge on any atom is 0.310 e. The van der Waals surface area contributed by atoms with Crippen LogP contribution in [0, 0.1) is 5.92 Å². The van der Waals surface area contributed by atoms with Crippen LogP contribution in [0.1, 0.15) is 182 Å². The topological polar surface area (TPSA) is 245 Å². The highest BCUT2D eigenvalue weighted by molar-refractivity contribution is 6.30. The Morgan fingerprint density at radius 2 is 1.04 bits per heavy atom. The highest BCUT2D eigenvalue weighted by Gasteiger charge is 2.35. The largest absolute Gasteiger partial charge is 0.481 e. The van der Waals surface area contributed by atoms with Crippen molar-refractivity contribution in [3.63, 3.8) is 0 Å². The van der Waals surface area contributed by atoms with Gasteiger partial charge >= 0.3 is 5.97 Å². The Labute approximate surface area is 431 Å². The third-order valence-electron chi connectivity index (χ3n) is 14.6. The number of hydrogen-bond donors (Lipinski definition) is 7. The molecule has 7 aliphatic rings. The van der Waals surface area contributed by atoms with Gasteiger partial charge < -0.3 is 32.3 Å². The Hall–Kier alpha value is -4.96. The van der Waals surface area contributed by atoms with Gasteiger partial charge in [0.15, 0.2) is 0 Å². The molecule has 10 N–H and O–H groups in total. The zero-order valence-corrected chi connectivity index (χ0v) is 41.3. The number of aryl methyl sites for hydroxylation is 5. The van der Waals surface area contributed by atoms with E-state index in [0.717, 1.165) is 184 Å². The van der Waals surface area contributed by atoms with E-state index in [1.807, 2.05) is 18.2 Å². The lowest BCUT2D eigenvalue weighted by atomic mass is 9.84. The quantitative estimate of drug-likeness (QED) is 0.0901. The maximum atomic E-state index is 13.0. The molecular formula is C51H69Cl4N11O4. The Bertz CT molecular complexity index is 2630. The van der Waals surface area contributed by atoms with Crippen LogP contribution in [0.3, 0.4) is 0 Å². The number of fused-ring (bicyclic) bond motifs is 5. The molecule has 7 aliphatic carbocycles. The fourth-order valence-corrected chi connectivity index (χ4v) is 12.0. The van der Waals surface area contributed by atoms with Crippen LogP contribution in [0.5, 0.6) is 0 Å². The molecule has 0 fully saturated rings. The van der Waals surface area contributed by atoms with Crippen LogP contribution >= 0.6 is 47.2 Å². The van der Waals surface area contributed by atoms with E-state index in [2.05, 4.69) is 30.4 Å². The minimum atomic E-state index is -0.713. The summed E-state index contributed by atoms with van der Waals surface area (Å²) in [5.74, 6) is 0.311. The van der Waals surface area contributed by atoms with Crippen molar-refractivity contribution < 1.29 is 19.5 Å². The number of anilines is 3. The number of allylic oxidation sites excluding steroid dienone is 3. The number of aliphatic carboxylic acids is 1. The molecule has 0 amide bonds. The summed E-state index contributed by atoms with van der Waals surface area (Å²) in [5.41, 5.74) is 31.1. The third kappa shape index (κ3) is 11.2. The molecule has 0 saturated carbocycles. The normalized spacial score (nSPS) is 20.3. The van der Waals surface area contributed by atoms with Crippen LogP contribution in [0.2, 0.25) is 10.3 Å². The summed E-state index contributed by atoms with van der Waals surface area (Å²) in [6.07, 6.45) is 23.8. The molecule has 12 rings (SSSR count). The Balaban J connectivity index is 0.000000158. The fraction of sp³-hybridized carbons (Fsp3) is 0.529. The molecule has 0 spiro atoms. The molecule has 2 unspecified atom stereocenters. The van der Waals surface area contributed by atoms with Crippen LogP contribution in [0.15, 0.2) is 34.4 Å². The van der Waals surface area contributed by atoms with Crippen LogP contribution < -0.4 is 17.2 Å². The molecule has 5 heterocycles. The van der Waals surface area contributed by atoms with E-state index in [9.17, 15) is 14.4 Å². The van der Waals surface area contributed by atoms with Crippen LogP contribution in [-0.4, -0.2) is 62.6 Å². The number of nitrogens with two attached hydrogens (primary N) is 3. The number of carbonyl (C=O) groups is 3. The molecule has 0 bridgehead atoms. The van der Waals surface area contributed by atoms with Gasteiger partial charge in [-0.2, -0.15) is 24.7 Å². The summed E-state index contributed by atoms with van der Waals surface area (Å²) in [4.78, 5) is 43.1. The van der Waals surface area contributed by atoms with Gasteiger partial charge in [0.2, 0.25) is 0 Å². The summed E-state index contributed by atoms with van der Waals surface area (Å²) in [5, 5.41) is 26.9. The molecule has 0 saturated heterocycles. The van der Waals surface area contributed by atoms with Crippen LogP contribution in [-0.2, 0) is 56.2 Å². The average molecular weight is 1040 g/mol. The number of carboxylic acids is 1. The zero-order valence-electron chi connectivity index (χ0n) is 38.2. The number of nitrogen functional groups attached to an aromatic ring is 3. The first-order valence-electron chi connectivity index (χ1n) is 24.0. The van der Waals surface area contributed by atoms with Crippen molar-refractivity contribution in [2.45, 2.75) is 168 Å². The first-order valence-corrected chi connectivity index (χ1v) is 25.2. The monoisotopic (exact) mass is 1040 g/mol. The number of aromatic amines is 3. The van der Waals surface area contributed by atoms with Gasteiger partial charge in [0.1, 0.15) is 27.8 Å². The van der Waals surface area contributed by atoms with Crippen molar-refractivity contribution >= 4 is 82.4 Å². The number of halogens is 4. The van der Waals surface area contributed by atoms with Gasteiger partial charge in [0.05, 0.1) is 29.1 Å².